The lowest BCUT2D eigenvalue weighted by molar-refractivity contribution is -0.136. The molecule has 1 saturated heterocycles. The summed E-state index contributed by atoms with van der Waals surface area (Å²) in [7, 11) is 1.83. The molecular formula is C11H20N2O2S. The maximum absolute atomic E-state index is 12.0. The Morgan fingerprint density at radius 2 is 2.38 bits per heavy atom. The topological polar surface area (TPSA) is 49.4 Å². The highest BCUT2D eigenvalue weighted by molar-refractivity contribution is 7.98. The summed E-state index contributed by atoms with van der Waals surface area (Å²) >= 11 is 1.79. The summed E-state index contributed by atoms with van der Waals surface area (Å²) in [6.45, 7) is 2.55. The number of hydrogen-bond donors (Lipinski definition) is 1. The fourth-order valence-electron chi connectivity index (χ4n) is 1.77. The lowest BCUT2D eigenvalue weighted by Gasteiger charge is -2.26. The fourth-order valence-corrected chi connectivity index (χ4v) is 2.34. The third kappa shape index (κ3) is 3.40. The number of amides is 2. The Labute approximate surface area is 101 Å². The highest BCUT2D eigenvalue weighted by Gasteiger charge is 2.31. The van der Waals surface area contributed by atoms with Gasteiger partial charge in [0.05, 0.1) is 5.92 Å². The molecule has 1 fully saturated rings. The number of hydrogen-bond acceptors (Lipinski definition) is 3. The normalized spacial score (nSPS) is 21.7. The van der Waals surface area contributed by atoms with Crippen molar-refractivity contribution in [2.75, 3.05) is 25.6 Å². The zero-order valence-electron chi connectivity index (χ0n) is 10.2. The Morgan fingerprint density at radius 1 is 1.69 bits per heavy atom. The molecule has 0 aromatic heterocycles. The van der Waals surface area contributed by atoms with E-state index in [0.717, 1.165) is 12.2 Å². The maximum Gasteiger partial charge on any atom is 0.227 e. The predicted octanol–water partition coefficient (Wildman–Crippen LogP) is 0.722. The molecule has 1 rings (SSSR count). The standard InChI is InChI=1S/C11H20N2O2S/c1-8(4-5-16-3)13(2)11(15)9-6-10(14)12-7-9/h8-9H,4-7H2,1-3H3,(H,12,14). The molecule has 0 bridgehead atoms. The van der Waals surface area contributed by atoms with Gasteiger partial charge >= 0.3 is 0 Å². The van der Waals surface area contributed by atoms with E-state index in [0.29, 0.717) is 13.0 Å². The van der Waals surface area contributed by atoms with E-state index in [1.165, 1.54) is 0 Å². The van der Waals surface area contributed by atoms with Crippen LogP contribution >= 0.6 is 11.8 Å². The molecular weight excluding hydrogens is 224 g/mol. The summed E-state index contributed by atoms with van der Waals surface area (Å²) < 4.78 is 0. The van der Waals surface area contributed by atoms with Crippen LogP contribution in [0.2, 0.25) is 0 Å². The second-order valence-electron chi connectivity index (χ2n) is 4.28. The van der Waals surface area contributed by atoms with Crippen LogP contribution < -0.4 is 5.32 Å². The lowest BCUT2D eigenvalue weighted by Crippen LogP contribution is -2.40. The van der Waals surface area contributed by atoms with Crippen LogP contribution in [-0.4, -0.2) is 48.4 Å². The summed E-state index contributed by atoms with van der Waals surface area (Å²) in [5.41, 5.74) is 0. The molecule has 1 aliphatic rings. The van der Waals surface area contributed by atoms with Crippen molar-refractivity contribution in [2.45, 2.75) is 25.8 Å². The zero-order chi connectivity index (χ0) is 12.1. The van der Waals surface area contributed by atoms with Crippen molar-refractivity contribution in [3.63, 3.8) is 0 Å². The van der Waals surface area contributed by atoms with Gasteiger partial charge in [0.2, 0.25) is 11.8 Å². The largest absolute Gasteiger partial charge is 0.355 e. The third-order valence-electron chi connectivity index (χ3n) is 3.08. The molecule has 0 radical (unpaired) electrons. The Hall–Kier alpha value is -0.710. The molecule has 1 heterocycles. The second kappa shape index (κ2) is 6.13. The number of thioether (sulfide) groups is 1. The molecule has 4 nitrogen and oxygen atoms in total. The molecule has 0 aromatic rings. The molecule has 92 valence electrons. The summed E-state index contributed by atoms with van der Waals surface area (Å²) in [6, 6.07) is 0.246. The monoisotopic (exact) mass is 244 g/mol. The number of nitrogens with one attached hydrogen (secondary N) is 1. The van der Waals surface area contributed by atoms with Crippen LogP contribution in [0.3, 0.4) is 0 Å². The van der Waals surface area contributed by atoms with Gasteiger partial charge in [0.15, 0.2) is 0 Å². The average molecular weight is 244 g/mol. The lowest BCUT2D eigenvalue weighted by atomic mass is 10.1. The fraction of sp³-hybridized carbons (Fsp3) is 0.818. The smallest absolute Gasteiger partial charge is 0.227 e. The predicted molar refractivity (Wildman–Crippen MR) is 66.3 cm³/mol. The van der Waals surface area contributed by atoms with Crippen molar-refractivity contribution in [1.82, 2.24) is 10.2 Å². The average Bonchev–Trinajstić information content (AvgIpc) is 2.70. The first-order chi connectivity index (χ1) is 7.56. The van der Waals surface area contributed by atoms with Gasteiger partial charge in [-0.05, 0) is 25.4 Å². The van der Waals surface area contributed by atoms with Crippen molar-refractivity contribution in [1.29, 1.82) is 0 Å². The van der Waals surface area contributed by atoms with Gasteiger partial charge in [-0.25, -0.2) is 0 Å². The Kier molecular flexibility index (Phi) is 5.12. The van der Waals surface area contributed by atoms with Crippen molar-refractivity contribution in [2.24, 2.45) is 5.92 Å². The highest BCUT2D eigenvalue weighted by atomic mass is 32.2. The second-order valence-corrected chi connectivity index (χ2v) is 5.27. The molecule has 0 spiro atoms. The molecule has 1 N–H and O–H groups in total. The molecule has 16 heavy (non-hydrogen) atoms. The number of nitrogens with zero attached hydrogens (tertiary/aromatic N) is 1. The minimum absolute atomic E-state index is 0.0106. The quantitative estimate of drug-likeness (QED) is 0.775. The minimum Gasteiger partial charge on any atom is -0.355 e. The molecule has 0 saturated carbocycles. The van der Waals surface area contributed by atoms with E-state index in [4.69, 9.17) is 0 Å². The zero-order valence-corrected chi connectivity index (χ0v) is 11.0. The van der Waals surface area contributed by atoms with Crippen LogP contribution in [-0.2, 0) is 9.59 Å². The van der Waals surface area contributed by atoms with Gasteiger partial charge in [0.25, 0.3) is 0 Å². The molecule has 0 aliphatic carbocycles. The van der Waals surface area contributed by atoms with Crippen LogP contribution in [0.25, 0.3) is 0 Å². The first-order valence-corrected chi connectivity index (χ1v) is 6.98. The van der Waals surface area contributed by atoms with E-state index in [1.54, 1.807) is 16.7 Å². The summed E-state index contributed by atoms with van der Waals surface area (Å²) in [4.78, 5) is 24.8. The number of carbonyl (C=O) groups excluding carboxylic acids is 2. The van der Waals surface area contributed by atoms with Crippen molar-refractivity contribution < 1.29 is 9.59 Å². The van der Waals surface area contributed by atoms with Crippen LogP contribution in [0.15, 0.2) is 0 Å². The Bertz CT molecular complexity index is 271. The molecule has 0 aromatic carbocycles. The van der Waals surface area contributed by atoms with E-state index >= 15 is 0 Å². The molecule has 2 atom stereocenters. The van der Waals surface area contributed by atoms with E-state index < -0.39 is 0 Å². The van der Waals surface area contributed by atoms with Crippen LogP contribution in [0.5, 0.6) is 0 Å². The van der Waals surface area contributed by atoms with Crippen molar-refractivity contribution in [3.8, 4) is 0 Å². The first kappa shape index (κ1) is 13.4. The van der Waals surface area contributed by atoms with Crippen LogP contribution in [0.1, 0.15) is 19.8 Å². The van der Waals surface area contributed by atoms with Gasteiger partial charge in [-0.1, -0.05) is 0 Å². The van der Waals surface area contributed by atoms with Gasteiger partial charge in [0.1, 0.15) is 0 Å². The summed E-state index contributed by atoms with van der Waals surface area (Å²) in [5.74, 6) is 0.977. The van der Waals surface area contributed by atoms with E-state index in [2.05, 4.69) is 18.5 Å². The van der Waals surface area contributed by atoms with Crippen LogP contribution in [0.4, 0.5) is 0 Å². The van der Waals surface area contributed by atoms with Crippen LogP contribution in [0, 0.1) is 5.92 Å². The van der Waals surface area contributed by atoms with Crippen molar-refractivity contribution >= 4 is 23.6 Å². The number of rotatable bonds is 5. The van der Waals surface area contributed by atoms with Gasteiger partial charge in [-0.15, -0.1) is 0 Å². The Morgan fingerprint density at radius 3 is 2.88 bits per heavy atom. The molecule has 2 amide bonds. The van der Waals surface area contributed by atoms with E-state index in [1.807, 2.05) is 7.05 Å². The van der Waals surface area contributed by atoms with Gasteiger partial charge in [-0.3, -0.25) is 9.59 Å². The minimum atomic E-state index is -0.158. The summed E-state index contributed by atoms with van der Waals surface area (Å²) in [5, 5.41) is 2.70. The SMILES string of the molecule is CSCCC(C)N(C)C(=O)C1CNC(=O)C1. The molecule has 2 unspecified atom stereocenters. The third-order valence-corrected chi connectivity index (χ3v) is 3.72. The van der Waals surface area contributed by atoms with Gasteiger partial charge < -0.3 is 10.2 Å². The highest BCUT2D eigenvalue weighted by Crippen LogP contribution is 2.15. The number of carbonyl (C=O) groups is 2. The maximum atomic E-state index is 12.0. The van der Waals surface area contributed by atoms with Gasteiger partial charge in [0, 0.05) is 26.1 Å². The molecule has 1 aliphatic heterocycles. The van der Waals surface area contributed by atoms with E-state index in [9.17, 15) is 9.59 Å². The Balaban J connectivity index is 2.43. The summed E-state index contributed by atoms with van der Waals surface area (Å²) in [6.07, 6.45) is 3.41. The van der Waals surface area contributed by atoms with Crippen molar-refractivity contribution in [3.05, 3.63) is 0 Å². The van der Waals surface area contributed by atoms with E-state index in [-0.39, 0.29) is 23.8 Å². The van der Waals surface area contributed by atoms with Gasteiger partial charge in [-0.2, -0.15) is 11.8 Å². The first-order valence-electron chi connectivity index (χ1n) is 5.58. The molecule has 5 heteroatoms.